The summed E-state index contributed by atoms with van der Waals surface area (Å²) in [5.74, 6) is -0.894. The SMILES string of the molecule is O=C(Nc1cccc(Cn2cc(Cl)cn2)c1)c1ccn(Cn2cnc([N+](=O)[O-])n2)n1. The lowest BCUT2D eigenvalue weighted by atomic mass is 10.2. The van der Waals surface area contributed by atoms with Crippen molar-refractivity contribution in [3.8, 4) is 0 Å². The van der Waals surface area contributed by atoms with Crippen molar-refractivity contribution in [2.24, 2.45) is 0 Å². The third-order valence-electron chi connectivity index (χ3n) is 3.98. The first-order chi connectivity index (χ1) is 14.5. The number of nitrogens with zero attached hydrogens (tertiary/aromatic N) is 8. The number of carbonyl (C=O) groups is 1. The van der Waals surface area contributed by atoms with Gasteiger partial charge in [-0.1, -0.05) is 28.7 Å². The molecule has 30 heavy (non-hydrogen) atoms. The van der Waals surface area contributed by atoms with Gasteiger partial charge < -0.3 is 15.4 Å². The van der Waals surface area contributed by atoms with Gasteiger partial charge in [0, 0.05) is 23.2 Å². The highest BCUT2D eigenvalue weighted by Gasteiger charge is 2.15. The Labute approximate surface area is 173 Å². The number of carbonyl (C=O) groups excluding carboxylic acids is 1. The minimum Gasteiger partial charge on any atom is -0.390 e. The Morgan fingerprint density at radius 1 is 1.20 bits per heavy atom. The second-order valence-corrected chi connectivity index (χ2v) is 6.67. The van der Waals surface area contributed by atoms with Crippen LogP contribution < -0.4 is 5.32 Å². The molecular weight excluding hydrogens is 414 g/mol. The summed E-state index contributed by atoms with van der Waals surface area (Å²) in [6.07, 6.45) is 6.06. The molecule has 3 aromatic heterocycles. The molecule has 0 bridgehead atoms. The van der Waals surface area contributed by atoms with Gasteiger partial charge in [0.2, 0.25) is 6.33 Å². The van der Waals surface area contributed by atoms with Crippen molar-refractivity contribution in [2.75, 3.05) is 5.32 Å². The molecule has 0 aliphatic rings. The monoisotopic (exact) mass is 427 g/mol. The van der Waals surface area contributed by atoms with E-state index in [1.54, 1.807) is 29.3 Å². The number of nitrogens with one attached hydrogen (secondary N) is 1. The summed E-state index contributed by atoms with van der Waals surface area (Å²) in [5, 5.41) is 26.0. The summed E-state index contributed by atoms with van der Waals surface area (Å²) in [6.45, 7) is 0.588. The van der Waals surface area contributed by atoms with Crippen LogP contribution in [0.5, 0.6) is 0 Å². The fourth-order valence-electron chi connectivity index (χ4n) is 2.70. The van der Waals surface area contributed by atoms with Gasteiger partial charge in [-0.15, -0.1) is 0 Å². The largest absolute Gasteiger partial charge is 0.491 e. The summed E-state index contributed by atoms with van der Waals surface area (Å²) in [6, 6.07) is 8.88. The number of hydrogen-bond acceptors (Lipinski definition) is 7. The van der Waals surface area contributed by atoms with Gasteiger partial charge in [-0.3, -0.25) is 9.48 Å². The highest BCUT2D eigenvalue weighted by molar-refractivity contribution is 6.30. The number of rotatable bonds is 7. The number of anilines is 1. The summed E-state index contributed by atoms with van der Waals surface area (Å²) in [7, 11) is 0. The summed E-state index contributed by atoms with van der Waals surface area (Å²) < 4.78 is 4.36. The number of aromatic nitrogens is 7. The number of halogens is 1. The van der Waals surface area contributed by atoms with Crippen molar-refractivity contribution in [2.45, 2.75) is 13.2 Å². The molecule has 0 atom stereocenters. The summed E-state index contributed by atoms with van der Waals surface area (Å²) in [4.78, 5) is 26.0. The van der Waals surface area contributed by atoms with Crippen LogP contribution in [-0.2, 0) is 13.2 Å². The molecule has 3 heterocycles. The van der Waals surface area contributed by atoms with Crippen molar-refractivity contribution in [1.82, 2.24) is 34.3 Å². The van der Waals surface area contributed by atoms with Crippen LogP contribution in [0.1, 0.15) is 16.1 Å². The molecule has 1 aromatic carbocycles. The van der Waals surface area contributed by atoms with Crippen LogP contribution in [0.15, 0.2) is 55.2 Å². The van der Waals surface area contributed by atoms with Crippen molar-refractivity contribution >= 4 is 29.1 Å². The van der Waals surface area contributed by atoms with E-state index in [0.717, 1.165) is 5.56 Å². The van der Waals surface area contributed by atoms with Gasteiger partial charge >= 0.3 is 5.95 Å². The standard InChI is InChI=1S/C17H14ClN9O3/c18-13-7-20-25(9-13)8-12-2-1-3-14(6-12)21-16(28)15-4-5-24(22-15)11-26-10-19-17(23-26)27(29)30/h1-7,9-10H,8,11H2,(H,21,28). The van der Waals surface area contributed by atoms with E-state index in [1.165, 1.54) is 21.8 Å². The van der Waals surface area contributed by atoms with Crippen LogP contribution in [0.3, 0.4) is 0 Å². The maximum atomic E-state index is 12.5. The van der Waals surface area contributed by atoms with E-state index in [1.807, 2.05) is 18.2 Å². The molecule has 4 aromatic rings. The van der Waals surface area contributed by atoms with Crippen LogP contribution in [0, 0.1) is 10.1 Å². The topological polar surface area (TPSA) is 139 Å². The fourth-order valence-corrected chi connectivity index (χ4v) is 2.86. The predicted octanol–water partition coefficient (Wildman–Crippen LogP) is 2.04. The fraction of sp³-hybridized carbons (Fsp3) is 0.118. The smallest absolute Gasteiger partial charge is 0.390 e. The number of benzene rings is 1. The van der Waals surface area contributed by atoms with E-state index in [-0.39, 0.29) is 12.4 Å². The minimum absolute atomic E-state index is 0.0794. The molecule has 0 unspecified atom stereocenters. The highest BCUT2D eigenvalue weighted by atomic mass is 35.5. The Morgan fingerprint density at radius 2 is 2.07 bits per heavy atom. The molecule has 12 nitrogen and oxygen atoms in total. The highest BCUT2D eigenvalue weighted by Crippen LogP contribution is 2.14. The lowest BCUT2D eigenvalue weighted by Crippen LogP contribution is -2.15. The third-order valence-corrected chi connectivity index (χ3v) is 4.18. The molecular formula is C17H14ClN9O3. The first-order valence-corrected chi connectivity index (χ1v) is 8.99. The Balaban J connectivity index is 1.40. The number of hydrogen-bond donors (Lipinski definition) is 1. The lowest BCUT2D eigenvalue weighted by molar-refractivity contribution is -0.394. The Bertz CT molecular complexity index is 1210. The number of amides is 1. The van der Waals surface area contributed by atoms with Gasteiger partial charge in [0.1, 0.15) is 0 Å². The maximum Gasteiger partial charge on any atom is 0.491 e. The van der Waals surface area contributed by atoms with Gasteiger partial charge in [-0.05, 0) is 28.7 Å². The van der Waals surface area contributed by atoms with Crippen molar-refractivity contribution in [3.05, 3.63) is 81.6 Å². The molecule has 0 radical (unpaired) electrons. The quantitative estimate of drug-likeness (QED) is 0.351. The number of nitro groups is 1. The molecule has 0 aliphatic heterocycles. The van der Waals surface area contributed by atoms with Gasteiger partial charge in [0.15, 0.2) is 12.4 Å². The average Bonchev–Trinajstić information content (AvgIpc) is 3.44. The second-order valence-electron chi connectivity index (χ2n) is 6.23. The zero-order chi connectivity index (χ0) is 21.1. The van der Waals surface area contributed by atoms with Crippen molar-refractivity contribution in [1.29, 1.82) is 0 Å². The molecule has 0 saturated heterocycles. The molecule has 13 heteroatoms. The van der Waals surface area contributed by atoms with E-state index >= 15 is 0 Å². The van der Waals surface area contributed by atoms with E-state index in [4.69, 9.17) is 11.6 Å². The molecule has 0 fully saturated rings. The molecule has 0 saturated carbocycles. The Kier molecular flexibility index (Phi) is 5.22. The minimum atomic E-state index is -0.687. The molecule has 1 N–H and O–H groups in total. The molecule has 0 aliphatic carbocycles. The zero-order valence-corrected chi connectivity index (χ0v) is 16.0. The van der Waals surface area contributed by atoms with E-state index in [2.05, 4.69) is 25.6 Å². The summed E-state index contributed by atoms with van der Waals surface area (Å²) in [5.41, 5.74) is 1.73. The van der Waals surface area contributed by atoms with E-state index in [9.17, 15) is 14.9 Å². The van der Waals surface area contributed by atoms with Gasteiger partial charge in [-0.2, -0.15) is 14.9 Å². The Hall–Kier alpha value is -4.06. The first kappa shape index (κ1) is 19.3. The van der Waals surface area contributed by atoms with Crippen LogP contribution in [0.2, 0.25) is 5.02 Å². The third kappa shape index (κ3) is 4.50. The summed E-state index contributed by atoms with van der Waals surface area (Å²) >= 11 is 5.87. The molecule has 1 amide bonds. The zero-order valence-electron chi connectivity index (χ0n) is 15.3. The Morgan fingerprint density at radius 3 is 2.80 bits per heavy atom. The molecule has 152 valence electrons. The van der Waals surface area contributed by atoms with Gasteiger partial charge in [-0.25, -0.2) is 4.68 Å². The van der Waals surface area contributed by atoms with Crippen LogP contribution in [0.4, 0.5) is 11.6 Å². The van der Waals surface area contributed by atoms with Crippen LogP contribution in [-0.4, -0.2) is 45.2 Å². The second kappa shape index (κ2) is 8.13. The first-order valence-electron chi connectivity index (χ1n) is 8.62. The van der Waals surface area contributed by atoms with E-state index in [0.29, 0.717) is 17.3 Å². The van der Waals surface area contributed by atoms with Crippen molar-refractivity contribution in [3.63, 3.8) is 0 Å². The van der Waals surface area contributed by atoms with Crippen LogP contribution >= 0.6 is 11.6 Å². The van der Waals surface area contributed by atoms with E-state index < -0.39 is 16.8 Å². The van der Waals surface area contributed by atoms with Crippen molar-refractivity contribution < 1.29 is 9.72 Å². The average molecular weight is 428 g/mol. The molecule has 4 rings (SSSR count). The molecule has 0 spiro atoms. The lowest BCUT2D eigenvalue weighted by Gasteiger charge is -2.07. The normalized spacial score (nSPS) is 10.8. The van der Waals surface area contributed by atoms with Gasteiger partial charge in [0.05, 0.1) is 17.8 Å². The van der Waals surface area contributed by atoms with Gasteiger partial charge in [0.25, 0.3) is 5.91 Å². The maximum absolute atomic E-state index is 12.5. The predicted molar refractivity (Wildman–Crippen MR) is 105 cm³/mol. The van der Waals surface area contributed by atoms with Crippen LogP contribution in [0.25, 0.3) is 0 Å².